The number of aryl methyl sites for hydroxylation is 1. The lowest BCUT2D eigenvalue weighted by molar-refractivity contribution is -0.142. The Hall–Kier alpha value is -2.40. The van der Waals surface area contributed by atoms with E-state index >= 15 is 0 Å². The van der Waals surface area contributed by atoms with E-state index in [1.54, 1.807) is 0 Å². The number of carbonyl (C=O) groups is 2. The van der Waals surface area contributed by atoms with Crippen LogP contribution in [0.25, 0.3) is 0 Å². The number of alkyl halides is 3. The Bertz CT molecular complexity index is 978. The monoisotopic (exact) mass is 441 g/mol. The summed E-state index contributed by atoms with van der Waals surface area (Å²) in [7, 11) is 0. The van der Waals surface area contributed by atoms with Gasteiger partial charge in [-0.2, -0.15) is 18.3 Å². The number of anilines is 1. The summed E-state index contributed by atoms with van der Waals surface area (Å²) in [5.74, 6) is -1.18. The molecule has 2 amide bonds. The number of halogens is 3. The van der Waals surface area contributed by atoms with Crippen molar-refractivity contribution < 1.29 is 22.8 Å². The number of nitrogens with two attached hydrogens (primary N) is 1. The van der Waals surface area contributed by atoms with Crippen molar-refractivity contribution >= 4 is 28.2 Å². The van der Waals surface area contributed by atoms with Crippen LogP contribution in [0.2, 0.25) is 0 Å². The van der Waals surface area contributed by atoms with Crippen molar-refractivity contribution in [2.45, 2.75) is 63.8 Å². The molecule has 1 saturated carbocycles. The molecule has 2 aliphatic rings. The Morgan fingerprint density at radius 1 is 1.27 bits per heavy atom. The number of carbonyl (C=O) groups excluding carboxylic acids is 2. The maximum atomic E-state index is 13.3. The molecular weight excluding hydrogens is 419 g/mol. The van der Waals surface area contributed by atoms with Crippen molar-refractivity contribution in [2.24, 2.45) is 5.73 Å². The molecule has 0 spiro atoms. The Balaban J connectivity index is 1.50. The van der Waals surface area contributed by atoms with Crippen LogP contribution in [-0.2, 0) is 36.9 Å². The number of rotatable bonds is 7. The summed E-state index contributed by atoms with van der Waals surface area (Å²) >= 11 is 1.31. The maximum absolute atomic E-state index is 13.3. The van der Waals surface area contributed by atoms with Crippen molar-refractivity contribution in [1.29, 1.82) is 0 Å². The predicted octanol–water partition coefficient (Wildman–Crippen LogP) is 2.83. The number of thiophene rings is 1. The first kappa shape index (κ1) is 20.9. The van der Waals surface area contributed by atoms with Crippen molar-refractivity contribution in [3.63, 3.8) is 0 Å². The van der Waals surface area contributed by atoms with Crippen molar-refractivity contribution in [3.8, 4) is 0 Å². The molecule has 0 saturated heterocycles. The van der Waals surface area contributed by atoms with Gasteiger partial charge in [-0.25, -0.2) is 0 Å². The van der Waals surface area contributed by atoms with Crippen LogP contribution in [0.4, 0.5) is 18.2 Å². The molecule has 0 unspecified atom stereocenters. The molecule has 7 nitrogen and oxygen atoms in total. The second-order valence-corrected chi connectivity index (χ2v) is 8.79. The van der Waals surface area contributed by atoms with Gasteiger partial charge in [0.2, 0.25) is 5.91 Å². The number of primary amides is 1. The second kappa shape index (κ2) is 8.03. The van der Waals surface area contributed by atoms with E-state index in [1.807, 2.05) is 0 Å². The summed E-state index contributed by atoms with van der Waals surface area (Å²) in [6.07, 6.45) is 2.04. The third-order valence-corrected chi connectivity index (χ3v) is 6.45. The molecule has 0 aliphatic heterocycles. The van der Waals surface area contributed by atoms with Crippen molar-refractivity contribution in [1.82, 2.24) is 15.1 Å². The minimum atomic E-state index is -4.60. The molecule has 2 heterocycles. The van der Waals surface area contributed by atoms with Gasteiger partial charge in [0.1, 0.15) is 11.5 Å². The Morgan fingerprint density at radius 2 is 2.00 bits per heavy atom. The van der Waals surface area contributed by atoms with Crippen molar-refractivity contribution in [2.75, 3.05) is 5.32 Å². The molecule has 2 aromatic rings. The second-order valence-electron chi connectivity index (χ2n) is 7.68. The third-order valence-electron chi connectivity index (χ3n) is 5.24. The highest BCUT2D eigenvalue weighted by Gasteiger charge is 2.37. The van der Waals surface area contributed by atoms with Crippen LogP contribution in [-0.4, -0.2) is 27.6 Å². The lowest BCUT2D eigenvalue weighted by Crippen LogP contribution is -2.22. The smallest absolute Gasteiger partial charge is 0.365 e. The van der Waals surface area contributed by atoms with Gasteiger partial charge in [0.15, 0.2) is 5.69 Å². The summed E-state index contributed by atoms with van der Waals surface area (Å²) in [4.78, 5) is 25.4. The number of nitrogens with zero attached hydrogens (tertiary/aromatic N) is 2. The SMILES string of the molecule is NC(=O)c1c(NC(=O)Cn2cc(CNC3CC3)c(C(F)(F)F)n2)sc2c1CCCC2. The van der Waals surface area contributed by atoms with Crippen LogP contribution >= 0.6 is 11.3 Å². The van der Waals surface area contributed by atoms with Crippen molar-refractivity contribution in [3.05, 3.63) is 33.5 Å². The zero-order chi connectivity index (χ0) is 21.5. The van der Waals surface area contributed by atoms with Crippen LogP contribution < -0.4 is 16.4 Å². The molecule has 11 heteroatoms. The minimum Gasteiger partial charge on any atom is -0.365 e. The van der Waals surface area contributed by atoms with Gasteiger partial charge in [0, 0.05) is 29.2 Å². The van der Waals surface area contributed by atoms with E-state index in [9.17, 15) is 22.8 Å². The fourth-order valence-electron chi connectivity index (χ4n) is 3.68. The first-order valence-electron chi connectivity index (χ1n) is 9.83. The van der Waals surface area contributed by atoms with E-state index in [0.717, 1.165) is 53.6 Å². The molecule has 2 aromatic heterocycles. The van der Waals surface area contributed by atoms with Crippen LogP contribution in [0.3, 0.4) is 0 Å². The van der Waals surface area contributed by atoms with Crippen LogP contribution in [0.1, 0.15) is 57.7 Å². The number of hydrogen-bond acceptors (Lipinski definition) is 5. The molecule has 0 radical (unpaired) electrons. The van der Waals surface area contributed by atoms with Gasteiger partial charge in [-0.1, -0.05) is 0 Å². The van der Waals surface area contributed by atoms with Gasteiger partial charge in [-0.15, -0.1) is 11.3 Å². The summed E-state index contributed by atoms with van der Waals surface area (Å²) in [5.41, 5.74) is 5.72. The highest BCUT2D eigenvalue weighted by molar-refractivity contribution is 7.17. The highest BCUT2D eigenvalue weighted by atomic mass is 32.1. The minimum absolute atomic E-state index is 0.00612. The largest absolute Gasteiger partial charge is 0.435 e. The molecule has 30 heavy (non-hydrogen) atoms. The first-order valence-corrected chi connectivity index (χ1v) is 10.6. The molecule has 1 fully saturated rings. The molecule has 0 atom stereocenters. The zero-order valence-electron chi connectivity index (χ0n) is 16.1. The number of amides is 2. The number of hydrogen-bond donors (Lipinski definition) is 3. The average Bonchev–Trinajstić information content (AvgIpc) is 3.28. The fraction of sp³-hybridized carbons (Fsp3) is 0.526. The normalized spacial score (nSPS) is 16.4. The molecular formula is C19H22F3N5O2S. The topological polar surface area (TPSA) is 102 Å². The van der Waals surface area contributed by atoms with Gasteiger partial charge in [-0.05, 0) is 44.1 Å². The van der Waals surface area contributed by atoms with E-state index in [2.05, 4.69) is 15.7 Å². The Labute approximate surface area is 174 Å². The van der Waals surface area contributed by atoms with Crippen LogP contribution in [0.15, 0.2) is 6.20 Å². The van der Waals surface area contributed by atoms with Crippen LogP contribution in [0.5, 0.6) is 0 Å². The van der Waals surface area contributed by atoms with E-state index in [1.165, 1.54) is 17.5 Å². The quantitative estimate of drug-likeness (QED) is 0.615. The highest BCUT2D eigenvalue weighted by Crippen LogP contribution is 2.38. The van der Waals surface area contributed by atoms with Gasteiger partial charge in [0.05, 0.1) is 5.56 Å². The average molecular weight is 441 g/mol. The predicted molar refractivity (Wildman–Crippen MR) is 105 cm³/mol. The first-order chi connectivity index (χ1) is 14.2. The number of fused-ring (bicyclic) bond motifs is 1. The zero-order valence-corrected chi connectivity index (χ0v) is 17.0. The van der Waals surface area contributed by atoms with Gasteiger partial charge >= 0.3 is 6.18 Å². The lowest BCUT2D eigenvalue weighted by atomic mass is 9.95. The summed E-state index contributed by atoms with van der Waals surface area (Å²) < 4.78 is 40.9. The Kier molecular flexibility index (Phi) is 5.58. The molecule has 2 aliphatic carbocycles. The van der Waals surface area contributed by atoms with E-state index in [4.69, 9.17) is 5.73 Å². The van der Waals surface area contributed by atoms with E-state index < -0.39 is 30.2 Å². The number of aromatic nitrogens is 2. The molecule has 4 N–H and O–H groups in total. The fourth-order valence-corrected chi connectivity index (χ4v) is 4.99. The summed E-state index contributed by atoms with van der Waals surface area (Å²) in [5, 5.41) is 9.63. The summed E-state index contributed by atoms with van der Waals surface area (Å²) in [6.45, 7) is -0.349. The molecule has 4 rings (SSSR count). The van der Waals surface area contributed by atoms with Gasteiger partial charge < -0.3 is 16.4 Å². The van der Waals surface area contributed by atoms with E-state index in [0.29, 0.717) is 10.6 Å². The molecule has 0 bridgehead atoms. The van der Waals surface area contributed by atoms with Gasteiger partial charge in [-0.3, -0.25) is 14.3 Å². The number of nitrogens with one attached hydrogen (secondary N) is 2. The van der Waals surface area contributed by atoms with Crippen LogP contribution in [0, 0.1) is 0 Å². The van der Waals surface area contributed by atoms with Gasteiger partial charge in [0.25, 0.3) is 5.91 Å². The Morgan fingerprint density at radius 3 is 2.67 bits per heavy atom. The standard InChI is InChI=1S/C19H22F3N5O2S/c20-19(21,22)16-10(7-24-11-5-6-11)8-27(26-16)9-14(28)25-18-15(17(23)29)12-3-1-2-4-13(12)30-18/h8,11,24H,1-7,9H2,(H2,23,29)(H,25,28). The lowest BCUT2D eigenvalue weighted by Gasteiger charge is -2.11. The van der Waals surface area contributed by atoms with E-state index in [-0.39, 0.29) is 18.2 Å². The molecule has 162 valence electrons. The maximum Gasteiger partial charge on any atom is 0.435 e. The third kappa shape index (κ3) is 4.51. The molecule has 0 aromatic carbocycles. The summed E-state index contributed by atoms with van der Waals surface area (Å²) in [6, 6.07) is 0.245.